The minimum atomic E-state index is -1.21. The molecular weight excluding hydrogens is 272 g/mol. The van der Waals surface area contributed by atoms with Crippen LogP contribution >= 0.6 is 0 Å². The first kappa shape index (κ1) is 14.1. The molecule has 0 atom stereocenters. The molecule has 0 aromatic heterocycles. The third-order valence-corrected chi connectivity index (χ3v) is 2.83. The molecule has 0 unspecified atom stereocenters. The number of hydrogen-bond donors (Lipinski definition) is 3. The van der Waals surface area contributed by atoms with Crippen molar-refractivity contribution >= 4 is 23.3 Å². The van der Waals surface area contributed by atoms with Gasteiger partial charge in [-0.05, 0) is 24.3 Å². The number of nitrogens with zero attached hydrogens (tertiary/aromatic N) is 1. The summed E-state index contributed by atoms with van der Waals surface area (Å²) in [6.45, 7) is 0. The molecule has 0 saturated heterocycles. The fourth-order valence-electron chi connectivity index (χ4n) is 1.87. The normalized spacial score (nSPS) is 9.67. The Balaban J connectivity index is 2.57. The molecule has 0 aliphatic heterocycles. The zero-order chi connectivity index (χ0) is 15.4. The average molecular weight is 282 g/mol. The maximum Gasteiger partial charge on any atom is 0.337 e. The van der Waals surface area contributed by atoms with Gasteiger partial charge in [0, 0.05) is 0 Å². The first-order valence-electron chi connectivity index (χ1n) is 5.90. The highest BCUT2D eigenvalue weighted by Gasteiger charge is 2.16. The lowest BCUT2D eigenvalue weighted by Crippen LogP contribution is -2.07. The number of hydrogen-bond acceptors (Lipinski definition) is 4. The maximum atomic E-state index is 11.2. The monoisotopic (exact) mass is 282 g/mol. The van der Waals surface area contributed by atoms with E-state index in [1.54, 1.807) is 12.1 Å². The van der Waals surface area contributed by atoms with Crippen molar-refractivity contribution in [3.05, 3.63) is 59.2 Å². The van der Waals surface area contributed by atoms with Crippen LogP contribution in [0.1, 0.15) is 26.3 Å². The Labute approximate surface area is 119 Å². The van der Waals surface area contributed by atoms with Gasteiger partial charge in [0.2, 0.25) is 0 Å². The van der Waals surface area contributed by atoms with Gasteiger partial charge in [0.15, 0.2) is 0 Å². The van der Waals surface area contributed by atoms with Crippen LogP contribution in [0.2, 0.25) is 0 Å². The van der Waals surface area contributed by atoms with Crippen molar-refractivity contribution < 1.29 is 19.8 Å². The molecule has 0 spiro atoms. The van der Waals surface area contributed by atoms with Crippen molar-refractivity contribution in [2.24, 2.45) is 0 Å². The summed E-state index contributed by atoms with van der Waals surface area (Å²) in [5.41, 5.74) is 0.294. The van der Waals surface area contributed by atoms with Crippen LogP contribution in [0.5, 0.6) is 0 Å². The minimum Gasteiger partial charge on any atom is -0.478 e. The van der Waals surface area contributed by atoms with Gasteiger partial charge in [0.1, 0.15) is 6.07 Å². The molecule has 21 heavy (non-hydrogen) atoms. The second kappa shape index (κ2) is 5.75. The van der Waals surface area contributed by atoms with Gasteiger partial charge < -0.3 is 15.5 Å². The van der Waals surface area contributed by atoms with E-state index in [0.717, 1.165) is 0 Å². The Morgan fingerprint density at radius 3 is 2.19 bits per heavy atom. The predicted octanol–water partition coefficient (Wildman–Crippen LogP) is 2.70. The van der Waals surface area contributed by atoms with E-state index in [-0.39, 0.29) is 28.1 Å². The molecule has 0 bridgehead atoms. The van der Waals surface area contributed by atoms with E-state index < -0.39 is 11.9 Å². The fraction of sp³-hybridized carbons (Fsp3) is 0. The van der Waals surface area contributed by atoms with Gasteiger partial charge in [0.25, 0.3) is 0 Å². The van der Waals surface area contributed by atoms with Gasteiger partial charge in [-0.1, -0.05) is 18.2 Å². The lowest BCUT2D eigenvalue weighted by molar-refractivity contribution is 0.0688. The number of carboxylic acids is 2. The predicted molar refractivity (Wildman–Crippen MR) is 74.8 cm³/mol. The molecule has 0 aliphatic rings. The Bertz CT molecular complexity index is 763. The average Bonchev–Trinajstić information content (AvgIpc) is 2.47. The minimum absolute atomic E-state index is 0.0124. The molecule has 0 aliphatic carbocycles. The number of aromatic carboxylic acids is 2. The van der Waals surface area contributed by atoms with Crippen LogP contribution in [0.4, 0.5) is 11.4 Å². The van der Waals surface area contributed by atoms with Crippen molar-refractivity contribution in [3.63, 3.8) is 0 Å². The van der Waals surface area contributed by atoms with Crippen LogP contribution in [0, 0.1) is 11.3 Å². The molecule has 0 fully saturated rings. The Kier molecular flexibility index (Phi) is 3.86. The molecule has 0 heterocycles. The third kappa shape index (κ3) is 2.82. The van der Waals surface area contributed by atoms with Crippen molar-refractivity contribution in [2.45, 2.75) is 0 Å². The Morgan fingerprint density at radius 1 is 0.952 bits per heavy atom. The summed E-state index contributed by atoms with van der Waals surface area (Å²) in [4.78, 5) is 22.4. The fourth-order valence-corrected chi connectivity index (χ4v) is 1.87. The number of anilines is 2. The molecule has 0 amide bonds. The highest BCUT2D eigenvalue weighted by Crippen LogP contribution is 2.27. The molecule has 6 nitrogen and oxygen atoms in total. The molecule has 0 saturated carbocycles. The highest BCUT2D eigenvalue weighted by molar-refractivity contribution is 5.99. The maximum absolute atomic E-state index is 11.2. The summed E-state index contributed by atoms with van der Waals surface area (Å²) in [6, 6.07) is 12.2. The van der Waals surface area contributed by atoms with Gasteiger partial charge in [0.05, 0.1) is 28.1 Å². The zero-order valence-corrected chi connectivity index (χ0v) is 10.7. The summed E-state index contributed by atoms with van der Waals surface area (Å²) in [5, 5.41) is 30.1. The van der Waals surface area contributed by atoms with E-state index in [2.05, 4.69) is 5.32 Å². The molecule has 2 rings (SSSR count). The van der Waals surface area contributed by atoms with Crippen LogP contribution in [-0.2, 0) is 0 Å². The first-order valence-corrected chi connectivity index (χ1v) is 5.90. The van der Waals surface area contributed by atoms with Crippen LogP contribution in [0.25, 0.3) is 0 Å². The Morgan fingerprint density at radius 2 is 1.57 bits per heavy atom. The summed E-state index contributed by atoms with van der Waals surface area (Å²) >= 11 is 0. The quantitative estimate of drug-likeness (QED) is 0.795. The summed E-state index contributed by atoms with van der Waals surface area (Å²) in [5.74, 6) is -2.35. The molecule has 2 aromatic carbocycles. The van der Waals surface area contributed by atoms with E-state index >= 15 is 0 Å². The standard InChI is InChI=1S/C15H10N2O4/c16-8-9-4-3-6-11(15(20)21)13(9)17-12-7-2-1-5-10(12)14(18)19/h1-7,17H,(H,18,19)(H,20,21). The summed E-state index contributed by atoms with van der Waals surface area (Å²) < 4.78 is 0. The molecule has 6 heteroatoms. The summed E-state index contributed by atoms with van der Waals surface area (Å²) in [7, 11) is 0. The smallest absolute Gasteiger partial charge is 0.337 e. The van der Waals surface area contributed by atoms with Crippen LogP contribution in [0.3, 0.4) is 0 Å². The Hall–Kier alpha value is -3.33. The number of nitrogens with one attached hydrogen (secondary N) is 1. The van der Waals surface area contributed by atoms with Gasteiger partial charge in [-0.15, -0.1) is 0 Å². The van der Waals surface area contributed by atoms with Crippen LogP contribution in [-0.4, -0.2) is 22.2 Å². The molecule has 2 aromatic rings. The van der Waals surface area contributed by atoms with Crippen LogP contribution < -0.4 is 5.32 Å². The number of nitriles is 1. The molecular formula is C15H10N2O4. The van der Waals surface area contributed by atoms with Crippen molar-refractivity contribution in [1.29, 1.82) is 5.26 Å². The largest absolute Gasteiger partial charge is 0.478 e. The zero-order valence-electron chi connectivity index (χ0n) is 10.7. The second-order valence-electron chi connectivity index (χ2n) is 4.12. The molecule has 3 N–H and O–H groups in total. The van der Waals surface area contributed by atoms with Crippen molar-refractivity contribution in [3.8, 4) is 6.07 Å². The van der Waals surface area contributed by atoms with E-state index in [4.69, 9.17) is 10.4 Å². The van der Waals surface area contributed by atoms with E-state index in [1.807, 2.05) is 6.07 Å². The highest BCUT2D eigenvalue weighted by atomic mass is 16.4. The summed E-state index contributed by atoms with van der Waals surface area (Å²) in [6.07, 6.45) is 0. The van der Waals surface area contributed by atoms with E-state index in [1.165, 1.54) is 30.3 Å². The number of para-hydroxylation sites is 2. The lowest BCUT2D eigenvalue weighted by Gasteiger charge is -2.13. The van der Waals surface area contributed by atoms with Gasteiger partial charge in [-0.25, -0.2) is 9.59 Å². The van der Waals surface area contributed by atoms with Crippen molar-refractivity contribution in [1.82, 2.24) is 0 Å². The van der Waals surface area contributed by atoms with Gasteiger partial charge >= 0.3 is 11.9 Å². The second-order valence-corrected chi connectivity index (χ2v) is 4.12. The van der Waals surface area contributed by atoms with Gasteiger partial charge in [-0.2, -0.15) is 5.26 Å². The lowest BCUT2D eigenvalue weighted by atomic mass is 10.1. The third-order valence-electron chi connectivity index (χ3n) is 2.83. The number of carbonyl (C=O) groups is 2. The van der Waals surface area contributed by atoms with E-state index in [0.29, 0.717) is 0 Å². The first-order chi connectivity index (χ1) is 10.0. The number of benzene rings is 2. The van der Waals surface area contributed by atoms with Crippen LogP contribution in [0.15, 0.2) is 42.5 Å². The SMILES string of the molecule is N#Cc1cccc(C(=O)O)c1Nc1ccccc1C(=O)O. The van der Waals surface area contributed by atoms with E-state index in [9.17, 15) is 14.7 Å². The number of rotatable bonds is 4. The van der Waals surface area contributed by atoms with Gasteiger partial charge in [-0.3, -0.25) is 0 Å². The molecule has 104 valence electrons. The topological polar surface area (TPSA) is 110 Å². The van der Waals surface area contributed by atoms with Crippen molar-refractivity contribution in [2.75, 3.05) is 5.32 Å². The molecule has 0 radical (unpaired) electrons. The number of carboxylic acid groups (broad SMARTS) is 2.